The van der Waals surface area contributed by atoms with E-state index in [0.29, 0.717) is 13.0 Å². The molecule has 3 nitrogen and oxygen atoms in total. The van der Waals surface area contributed by atoms with Crippen molar-refractivity contribution in [2.75, 3.05) is 24.5 Å². The van der Waals surface area contributed by atoms with E-state index < -0.39 is 0 Å². The molecule has 0 spiro atoms. The molecule has 5 heteroatoms. The van der Waals surface area contributed by atoms with Crippen molar-refractivity contribution in [3.8, 4) is 6.07 Å². The molecular weight excluding hydrogens is 446 g/mol. The van der Waals surface area contributed by atoms with Gasteiger partial charge in [0.1, 0.15) is 0 Å². The lowest BCUT2D eigenvalue weighted by molar-refractivity contribution is -0.434. The number of rotatable bonds is 6. The van der Waals surface area contributed by atoms with Crippen molar-refractivity contribution in [1.29, 1.82) is 5.26 Å². The summed E-state index contributed by atoms with van der Waals surface area (Å²) >= 11 is 3.70. The number of hydrogen-bond donors (Lipinski definition) is 0. The molecule has 1 aliphatic rings. The van der Waals surface area contributed by atoms with Gasteiger partial charge in [-0.3, -0.25) is 0 Å². The summed E-state index contributed by atoms with van der Waals surface area (Å²) in [5.74, 6) is 0. The maximum Gasteiger partial charge on any atom is 0.221 e. The fourth-order valence-corrected chi connectivity index (χ4v) is 4.63. The van der Waals surface area contributed by atoms with Gasteiger partial charge in [-0.15, -0.1) is 0 Å². The van der Waals surface area contributed by atoms with Crippen molar-refractivity contribution in [2.24, 2.45) is 0 Å². The minimum Gasteiger partial charge on any atom is -1.00 e. The molecule has 0 aromatic heterocycles. The van der Waals surface area contributed by atoms with Crippen molar-refractivity contribution in [1.82, 2.24) is 0 Å². The number of halogens is 2. The van der Waals surface area contributed by atoms with Gasteiger partial charge in [0.05, 0.1) is 23.4 Å². The summed E-state index contributed by atoms with van der Waals surface area (Å²) in [6, 6.07) is 21.9. The SMILES string of the molecule is CCN(CC)c1ccc(C2=[N+](CCC#N)c3ccc(Br)c4cccc2c34)cc1.[Cl-]. The second-order valence-corrected chi connectivity index (χ2v) is 7.78. The number of nitrogens with zero attached hydrogens (tertiary/aromatic N) is 3. The van der Waals surface area contributed by atoms with Gasteiger partial charge in [0.15, 0.2) is 6.54 Å². The molecule has 0 fully saturated rings. The summed E-state index contributed by atoms with van der Waals surface area (Å²) in [6.45, 7) is 7.05. The van der Waals surface area contributed by atoms with Gasteiger partial charge in [0.2, 0.25) is 11.4 Å². The van der Waals surface area contributed by atoms with Crippen LogP contribution in [0.4, 0.5) is 11.4 Å². The second-order valence-electron chi connectivity index (χ2n) is 6.92. The standard InChI is InChI=1S/C24H23BrN3.ClH/c1-3-27(4-2)18-11-9-17(10-12-18)24-20-8-5-7-19-21(25)13-14-22(23(19)20)28(24)16-6-15-26;/h5,7-14H,3-4,6,16H2,1-2H3;1H/q+1;/p-1. The van der Waals surface area contributed by atoms with Gasteiger partial charge in [-0.1, -0.05) is 28.1 Å². The lowest BCUT2D eigenvalue weighted by atomic mass is 9.98. The predicted octanol–water partition coefficient (Wildman–Crippen LogP) is 2.86. The van der Waals surface area contributed by atoms with Crippen LogP contribution in [-0.4, -0.2) is 29.9 Å². The number of hydrogen-bond acceptors (Lipinski definition) is 2. The topological polar surface area (TPSA) is 30.0 Å². The van der Waals surface area contributed by atoms with Crippen molar-refractivity contribution in [3.63, 3.8) is 0 Å². The van der Waals surface area contributed by atoms with Crippen LogP contribution >= 0.6 is 15.9 Å². The van der Waals surface area contributed by atoms with E-state index >= 15 is 0 Å². The van der Waals surface area contributed by atoms with Crippen LogP contribution in [0, 0.1) is 11.3 Å². The first-order valence-electron chi connectivity index (χ1n) is 9.78. The van der Waals surface area contributed by atoms with Gasteiger partial charge >= 0.3 is 0 Å². The highest BCUT2D eigenvalue weighted by molar-refractivity contribution is 9.10. The molecule has 0 saturated carbocycles. The monoisotopic (exact) mass is 467 g/mol. The van der Waals surface area contributed by atoms with Gasteiger partial charge in [-0.25, -0.2) is 0 Å². The maximum absolute atomic E-state index is 9.19. The lowest BCUT2D eigenvalue weighted by Crippen LogP contribution is -3.00. The van der Waals surface area contributed by atoms with Crippen LogP contribution in [0.3, 0.4) is 0 Å². The van der Waals surface area contributed by atoms with Crippen LogP contribution in [0.1, 0.15) is 31.4 Å². The van der Waals surface area contributed by atoms with Crippen LogP contribution in [0.2, 0.25) is 0 Å². The molecule has 0 radical (unpaired) electrons. The fourth-order valence-electron chi connectivity index (χ4n) is 4.16. The lowest BCUT2D eigenvalue weighted by Gasteiger charge is -2.21. The Morgan fingerprint density at radius 1 is 1.00 bits per heavy atom. The molecule has 0 N–H and O–H groups in total. The Bertz CT molecular complexity index is 1110. The Morgan fingerprint density at radius 3 is 2.38 bits per heavy atom. The highest BCUT2D eigenvalue weighted by Crippen LogP contribution is 2.40. The number of nitriles is 1. The maximum atomic E-state index is 9.19. The van der Waals surface area contributed by atoms with Crippen molar-refractivity contribution >= 4 is 43.8 Å². The van der Waals surface area contributed by atoms with Gasteiger partial charge < -0.3 is 17.3 Å². The smallest absolute Gasteiger partial charge is 0.221 e. The zero-order valence-electron chi connectivity index (χ0n) is 16.6. The molecule has 0 amide bonds. The van der Waals surface area contributed by atoms with Crippen LogP contribution in [0.15, 0.2) is 59.1 Å². The highest BCUT2D eigenvalue weighted by atomic mass is 79.9. The summed E-state index contributed by atoms with van der Waals surface area (Å²) in [6.07, 6.45) is 0.493. The summed E-state index contributed by atoms with van der Waals surface area (Å²) < 4.78 is 3.41. The van der Waals surface area contributed by atoms with E-state index in [2.05, 4.69) is 99.9 Å². The zero-order valence-corrected chi connectivity index (χ0v) is 19.0. The normalized spacial score (nSPS) is 12.1. The Morgan fingerprint density at radius 2 is 1.72 bits per heavy atom. The minimum atomic E-state index is 0. The minimum absolute atomic E-state index is 0. The first-order chi connectivity index (χ1) is 13.7. The van der Waals surface area contributed by atoms with Gasteiger partial charge in [-0.2, -0.15) is 9.84 Å². The van der Waals surface area contributed by atoms with Crippen LogP contribution in [-0.2, 0) is 0 Å². The molecular formula is C24H23BrClN3. The van der Waals surface area contributed by atoms with Crippen molar-refractivity contribution < 1.29 is 17.0 Å². The average Bonchev–Trinajstić information content (AvgIpc) is 3.05. The van der Waals surface area contributed by atoms with E-state index in [1.807, 2.05) is 0 Å². The van der Waals surface area contributed by atoms with E-state index in [4.69, 9.17) is 0 Å². The van der Waals surface area contributed by atoms with Crippen LogP contribution in [0.25, 0.3) is 10.8 Å². The first-order valence-corrected chi connectivity index (χ1v) is 10.6. The van der Waals surface area contributed by atoms with Crippen LogP contribution < -0.4 is 17.3 Å². The Balaban J connectivity index is 0.00000240. The summed E-state index contributed by atoms with van der Waals surface area (Å²) in [7, 11) is 0. The molecule has 0 saturated heterocycles. The largest absolute Gasteiger partial charge is 1.00 e. The third kappa shape index (κ3) is 3.66. The molecule has 29 heavy (non-hydrogen) atoms. The summed E-state index contributed by atoms with van der Waals surface area (Å²) in [5.41, 5.74) is 6.05. The van der Waals surface area contributed by atoms with Crippen molar-refractivity contribution in [2.45, 2.75) is 20.3 Å². The second kappa shape index (κ2) is 8.98. The summed E-state index contributed by atoms with van der Waals surface area (Å²) in [4.78, 5) is 2.35. The van der Waals surface area contributed by atoms with Gasteiger partial charge in [0.25, 0.3) is 0 Å². The van der Waals surface area contributed by atoms with E-state index in [1.54, 1.807) is 0 Å². The molecule has 3 aromatic carbocycles. The molecule has 3 aromatic rings. The quantitative estimate of drug-likeness (QED) is 0.521. The third-order valence-electron chi connectivity index (χ3n) is 5.50. The molecule has 1 aliphatic heterocycles. The Labute approximate surface area is 186 Å². The van der Waals surface area contributed by atoms with E-state index in [1.165, 1.54) is 39.0 Å². The van der Waals surface area contributed by atoms with E-state index in [0.717, 1.165) is 17.6 Å². The third-order valence-corrected chi connectivity index (χ3v) is 6.19. The number of anilines is 1. The van der Waals surface area contributed by atoms with Gasteiger partial charge in [0, 0.05) is 40.3 Å². The van der Waals surface area contributed by atoms with Crippen LogP contribution in [0.5, 0.6) is 0 Å². The molecule has 148 valence electrons. The Hall–Kier alpha value is -2.35. The predicted molar refractivity (Wildman–Crippen MR) is 120 cm³/mol. The molecule has 0 unspecified atom stereocenters. The molecule has 1 heterocycles. The number of benzene rings is 3. The van der Waals surface area contributed by atoms with Crippen molar-refractivity contribution in [3.05, 3.63) is 70.2 Å². The van der Waals surface area contributed by atoms with E-state index in [-0.39, 0.29) is 12.4 Å². The van der Waals surface area contributed by atoms with E-state index in [9.17, 15) is 5.26 Å². The highest BCUT2D eigenvalue weighted by Gasteiger charge is 2.33. The molecule has 0 aliphatic carbocycles. The summed E-state index contributed by atoms with van der Waals surface area (Å²) in [5, 5.41) is 11.7. The molecule has 0 atom stereocenters. The fraction of sp³-hybridized carbons (Fsp3) is 0.250. The molecule has 4 rings (SSSR count). The average molecular weight is 469 g/mol. The first kappa shape index (κ1) is 21.4. The zero-order chi connectivity index (χ0) is 19.7. The molecule has 0 bridgehead atoms. The van der Waals surface area contributed by atoms with Gasteiger partial charge in [-0.05, 0) is 50.2 Å². The Kier molecular flexibility index (Phi) is 6.62.